The molecule has 23 heavy (non-hydrogen) atoms. The zero-order chi connectivity index (χ0) is 16.0. The maximum Gasteiger partial charge on any atom is 0.222 e. The molecule has 4 N–H and O–H groups in total. The highest BCUT2D eigenvalue weighted by Crippen LogP contribution is 2.39. The van der Waals surface area contributed by atoms with Gasteiger partial charge in [0.05, 0.1) is 5.69 Å². The van der Waals surface area contributed by atoms with Crippen LogP contribution in [0.2, 0.25) is 0 Å². The average Bonchev–Trinajstić information content (AvgIpc) is 3.26. The van der Waals surface area contributed by atoms with Gasteiger partial charge in [-0.1, -0.05) is 6.07 Å². The first-order chi connectivity index (χ1) is 11.1. The van der Waals surface area contributed by atoms with Crippen molar-refractivity contribution < 1.29 is 0 Å². The van der Waals surface area contributed by atoms with Crippen LogP contribution in [0.3, 0.4) is 0 Å². The van der Waals surface area contributed by atoms with Gasteiger partial charge >= 0.3 is 0 Å². The quantitative estimate of drug-likeness (QED) is 0.725. The summed E-state index contributed by atoms with van der Waals surface area (Å²) in [5, 5.41) is 0. The van der Waals surface area contributed by atoms with Crippen LogP contribution in [0.5, 0.6) is 0 Å². The second-order valence-electron chi connectivity index (χ2n) is 5.98. The lowest BCUT2D eigenvalue weighted by Crippen LogP contribution is -2.06. The van der Waals surface area contributed by atoms with E-state index in [9.17, 15) is 0 Å². The number of benzene rings is 1. The Morgan fingerprint density at radius 1 is 1.13 bits per heavy atom. The number of nitrogens with zero attached hydrogens (tertiary/aromatic N) is 4. The van der Waals surface area contributed by atoms with Crippen LogP contribution in [0.1, 0.15) is 30.0 Å². The Balaban J connectivity index is 1.85. The van der Waals surface area contributed by atoms with Crippen LogP contribution in [-0.4, -0.2) is 19.5 Å². The van der Waals surface area contributed by atoms with E-state index in [1.54, 1.807) is 6.20 Å². The summed E-state index contributed by atoms with van der Waals surface area (Å²) in [6, 6.07) is 7.81. The van der Waals surface area contributed by atoms with Crippen LogP contribution in [0.4, 0.5) is 11.6 Å². The molecule has 1 fully saturated rings. The van der Waals surface area contributed by atoms with Crippen LogP contribution < -0.4 is 11.5 Å². The highest BCUT2D eigenvalue weighted by atomic mass is 15.2. The largest absolute Gasteiger partial charge is 0.399 e. The number of aryl methyl sites for hydroxylation is 1. The number of rotatable bonds is 3. The highest BCUT2D eigenvalue weighted by Gasteiger charge is 2.26. The van der Waals surface area contributed by atoms with Crippen molar-refractivity contribution in [2.24, 2.45) is 0 Å². The van der Waals surface area contributed by atoms with Gasteiger partial charge in [-0.25, -0.2) is 9.97 Å². The molecular weight excluding hydrogens is 288 g/mol. The standard InChI is InChI=1S/C17H18N6/c1-10-2-5-12(18)8-13(10)16-20-6-7-23(16)15-9-14(11-3-4-11)21-17(19)22-15/h2,5-9,11H,3-4,18H2,1H3,(H2,19,21,22). The van der Waals surface area contributed by atoms with Crippen LogP contribution in [0.25, 0.3) is 17.2 Å². The van der Waals surface area contributed by atoms with Gasteiger partial charge in [0.2, 0.25) is 5.95 Å². The summed E-state index contributed by atoms with van der Waals surface area (Å²) in [4.78, 5) is 13.2. The molecule has 2 aromatic heterocycles. The fraction of sp³-hybridized carbons (Fsp3) is 0.235. The Kier molecular flexibility index (Phi) is 3.04. The third-order valence-electron chi connectivity index (χ3n) is 4.14. The molecule has 1 aliphatic carbocycles. The van der Waals surface area contributed by atoms with Gasteiger partial charge in [-0.05, 0) is 37.5 Å². The minimum Gasteiger partial charge on any atom is -0.399 e. The first-order valence-corrected chi connectivity index (χ1v) is 7.66. The van der Waals surface area contributed by atoms with Crippen LogP contribution >= 0.6 is 0 Å². The molecule has 1 saturated carbocycles. The summed E-state index contributed by atoms with van der Waals surface area (Å²) < 4.78 is 1.94. The molecule has 6 heteroatoms. The van der Waals surface area contributed by atoms with Gasteiger partial charge in [-0.2, -0.15) is 4.98 Å². The molecule has 0 bridgehead atoms. The lowest BCUT2D eigenvalue weighted by molar-refractivity contribution is 0.936. The van der Waals surface area contributed by atoms with E-state index in [1.165, 1.54) is 12.8 Å². The van der Waals surface area contributed by atoms with Crippen LogP contribution in [0.15, 0.2) is 36.7 Å². The summed E-state index contributed by atoms with van der Waals surface area (Å²) in [6.07, 6.45) is 5.98. The van der Waals surface area contributed by atoms with Gasteiger partial charge in [-0.15, -0.1) is 0 Å². The number of anilines is 2. The summed E-state index contributed by atoms with van der Waals surface area (Å²) >= 11 is 0. The van der Waals surface area contributed by atoms with E-state index in [-0.39, 0.29) is 0 Å². The molecular formula is C17H18N6. The van der Waals surface area contributed by atoms with Crippen LogP contribution in [-0.2, 0) is 0 Å². The maximum atomic E-state index is 5.94. The molecule has 0 radical (unpaired) electrons. The van der Waals surface area contributed by atoms with Crippen molar-refractivity contribution >= 4 is 11.6 Å². The number of aromatic nitrogens is 4. The van der Waals surface area contributed by atoms with Gasteiger partial charge in [0, 0.05) is 35.6 Å². The molecule has 4 rings (SSSR count). The van der Waals surface area contributed by atoms with Crippen molar-refractivity contribution in [3.8, 4) is 17.2 Å². The Morgan fingerprint density at radius 2 is 1.96 bits per heavy atom. The van der Waals surface area contributed by atoms with E-state index in [0.717, 1.165) is 28.5 Å². The average molecular weight is 306 g/mol. The maximum absolute atomic E-state index is 5.94. The second-order valence-corrected chi connectivity index (χ2v) is 5.98. The number of imidazole rings is 1. The number of hydrogen-bond donors (Lipinski definition) is 2. The number of nitrogens with two attached hydrogens (primary N) is 2. The van der Waals surface area contributed by atoms with Crippen molar-refractivity contribution in [3.05, 3.63) is 47.9 Å². The molecule has 116 valence electrons. The second kappa shape index (κ2) is 5.08. The molecule has 0 saturated heterocycles. The Bertz CT molecular complexity index is 879. The predicted octanol–water partition coefficient (Wildman–Crippen LogP) is 2.68. The molecule has 0 atom stereocenters. The Hall–Kier alpha value is -2.89. The molecule has 0 spiro atoms. The molecule has 1 aliphatic rings. The zero-order valence-corrected chi connectivity index (χ0v) is 12.9. The third kappa shape index (κ3) is 2.52. The molecule has 0 amide bonds. The first-order valence-electron chi connectivity index (χ1n) is 7.66. The zero-order valence-electron chi connectivity index (χ0n) is 12.9. The van der Waals surface area contributed by atoms with E-state index in [0.29, 0.717) is 17.6 Å². The van der Waals surface area contributed by atoms with Crippen molar-refractivity contribution in [1.82, 2.24) is 19.5 Å². The summed E-state index contributed by atoms with van der Waals surface area (Å²) in [5.41, 5.74) is 15.6. The first kappa shape index (κ1) is 13.8. The van der Waals surface area contributed by atoms with E-state index in [4.69, 9.17) is 11.5 Å². The summed E-state index contributed by atoms with van der Waals surface area (Å²) in [6.45, 7) is 2.04. The van der Waals surface area contributed by atoms with E-state index >= 15 is 0 Å². The lowest BCUT2D eigenvalue weighted by atomic mass is 10.1. The normalized spacial score (nSPS) is 14.1. The lowest BCUT2D eigenvalue weighted by Gasteiger charge is -2.11. The molecule has 6 nitrogen and oxygen atoms in total. The minimum atomic E-state index is 0.299. The Morgan fingerprint density at radius 3 is 2.74 bits per heavy atom. The SMILES string of the molecule is Cc1ccc(N)cc1-c1nccn1-c1cc(C2CC2)nc(N)n1. The topological polar surface area (TPSA) is 95.6 Å². The van der Waals surface area contributed by atoms with Crippen molar-refractivity contribution in [2.45, 2.75) is 25.7 Å². The fourth-order valence-corrected chi connectivity index (χ4v) is 2.75. The van der Waals surface area contributed by atoms with E-state index < -0.39 is 0 Å². The highest BCUT2D eigenvalue weighted by molar-refractivity contribution is 5.67. The number of nitrogen functional groups attached to an aromatic ring is 2. The molecule has 3 aromatic rings. The van der Waals surface area contributed by atoms with Gasteiger partial charge in [0.1, 0.15) is 11.6 Å². The van der Waals surface area contributed by atoms with Crippen molar-refractivity contribution in [1.29, 1.82) is 0 Å². The third-order valence-corrected chi connectivity index (χ3v) is 4.14. The monoisotopic (exact) mass is 306 g/mol. The van der Waals surface area contributed by atoms with Crippen molar-refractivity contribution in [3.63, 3.8) is 0 Å². The van der Waals surface area contributed by atoms with Gasteiger partial charge in [-0.3, -0.25) is 4.57 Å². The molecule has 0 aliphatic heterocycles. The summed E-state index contributed by atoms with van der Waals surface area (Å²) in [5.74, 6) is 2.36. The van der Waals surface area contributed by atoms with Crippen LogP contribution in [0, 0.1) is 6.92 Å². The summed E-state index contributed by atoms with van der Waals surface area (Å²) in [7, 11) is 0. The fourth-order valence-electron chi connectivity index (χ4n) is 2.75. The van der Waals surface area contributed by atoms with E-state index in [2.05, 4.69) is 15.0 Å². The molecule has 1 aromatic carbocycles. The molecule has 0 unspecified atom stereocenters. The number of hydrogen-bond acceptors (Lipinski definition) is 5. The Labute approximate surface area is 134 Å². The van der Waals surface area contributed by atoms with Crippen molar-refractivity contribution in [2.75, 3.05) is 11.5 Å². The van der Waals surface area contributed by atoms with E-state index in [1.807, 2.05) is 42.0 Å². The predicted molar refractivity (Wildman–Crippen MR) is 90.1 cm³/mol. The van der Waals surface area contributed by atoms with Gasteiger partial charge in [0.25, 0.3) is 0 Å². The van der Waals surface area contributed by atoms with Gasteiger partial charge < -0.3 is 11.5 Å². The molecule has 2 heterocycles. The smallest absolute Gasteiger partial charge is 0.222 e. The van der Waals surface area contributed by atoms with Gasteiger partial charge in [0.15, 0.2) is 0 Å². The minimum absolute atomic E-state index is 0.299.